The highest BCUT2D eigenvalue weighted by Crippen LogP contribution is 2.29. The predicted octanol–water partition coefficient (Wildman–Crippen LogP) is 3.01. The molecular formula is C18H23F3N2O2. The summed E-state index contributed by atoms with van der Waals surface area (Å²) in [5, 5.41) is 2.77. The second kappa shape index (κ2) is 7.06. The van der Waals surface area contributed by atoms with Gasteiger partial charge in [-0.1, -0.05) is 12.1 Å². The fourth-order valence-electron chi connectivity index (χ4n) is 2.87. The first-order chi connectivity index (χ1) is 11.5. The molecule has 1 N–H and O–H groups in total. The number of nitrogens with one attached hydrogen (secondary N) is 1. The van der Waals surface area contributed by atoms with Crippen molar-refractivity contribution >= 4 is 11.8 Å². The molecule has 0 aliphatic carbocycles. The van der Waals surface area contributed by atoms with Crippen molar-refractivity contribution in [2.24, 2.45) is 5.92 Å². The number of carbonyl (C=O) groups is 2. The van der Waals surface area contributed by atoms with E-state index in [1.165, 1.54) is 12.1 Å². The number of likely N-dealkylation sites (tertiary alicyclic amines) is 1. The van der Waals surface area contributed by atoms with E-state index < -0.39 is 11.7 Å². The standard InChI is InChI=1S/C18H23F3N2O2/c1-17(2,3)23-11-13(10-15(23)24)16(25)22-9-8-12-4-6-14(7-5-12)18(19,20)21/h4-7,13H,8-11H2,1-3H3,(H,22,25)/t13-/m1/s1. The van der Waals surface area contributed by atoms with Crippen molar-refractivity contribution in [3.63, 3.8) is 0 Å². The summed E-state index contributed by atoms with van der Waals surface area (Å²) in [5.41, 5.74) is -0.286. The Labute approximate surface area is 145 Å². The van der Waals surface area contributed by atoms with Gasteiger partial charge in [0, 0.05) is 25.0 Å². The lowest BCUT2D eigenvalue weighted by Crippen LogP contribution is -2.43. The molecule has 1 aromatic carbocycles. The molecule has 1 aromatic rings. The molecule has 1 heterocycles. The minimum atomic E-state index is -4.35. The summed E-state index contributed by atoms with van der Waals surface area (Å²) in [6.45, 7) is 6.50. The van der Waals surface area contributed by atoms with E-state index in [0.717, 1.165) is 12.1 Å². The van der Waals surface area contributed by atoms with E-state index in [9.17, 15) is 22.8 Å². The second-order valence-electron chi connectivity index (χ2n) is 7.31. The summed E-state index contributed by atoms with van der Waals surface area (Å²) >= 11 is 0. The van der Waals surface area contributed by atoms with Gasteiger partial charge in [0.25, 0.3) is 0 Å². The zero-order chi connectivity index (χ0) is 18.8. The molecule has 0 aromatic heterocycles. The third kappa shape index (κ3) is 4.96. The van der Waals surface area contributed by atoms with Crippen LogP contribution in [0.2, 0.25) is 0 Å². The second-order valence-corrected chi connectivity index (χ2v) is 7.31. The molecule has 0 spiro atoms. The number of nitrogens with zero attached hydrogens (tertiary/aromatic N) is 1. The monoisotopic (exact) mass is 356 g/mol. The van der Waals surface area contributed by atoms with Crippen LogP contribution in [0.3, 0.4) is 0 Å². The van der Waals surface area contributed by atoms with Gasteiger partial charge in [-0.05, 0) is 44.9 Å². The van der Waals surface area contributed by atoms with Crippen LogP contribution in [-0.4, -0.2) is 35.3 Å². The first kappa shape index (κ1) is 19.3. The van der Waals surface area contributed by atoms with Gasteiger partial charge in [-0.2, -0.15) is 13.2 Å². The largest absolute Gasteiger partial charge is 0.416 e. The van der Waals surface area contributed by atoms with E-state index in [1.807, 2.05) is 20.8 Å². The number of hydrogen-bond acceptors (Lipinski definition) is 2. The zero-order valence-electron chi connectivity index (χ0n) is 14.6. The van der Waals surface area contributed by atoms with Gasteiger partial charge in [-0.25, -0.2) is 0 Å². The van der Waals surface area contributed by atoms with Gasteiger partial charge in [-0.15, -0.1) is 0 Å². The van der Waals surface area contributed by atoms with Crippen LogP contribution in [0.25, 0.3) is 0 Å². The molecule has 0 unspecified atom stereocenters. The Morgan fingerprint density at radius 1 is 1.20 bits per heavy atom. The number of rotatable bonds is 4. The third-order valence-corrected chi connectivity index (χ3v) is 4.30. The third-order valence-electron chi connectivity index (χ3n) is 4.30. The molecule has 2 rings (SSSR count). The van der Waals surface area contributed by atoms with Crippen LogP contribution in [0.15, 0.2) is 24.3 Å². The maximum Gasteiger partial charge on any atom is 0.416 e. The van der Waals surface area contributed by atoms with E-state index in [1.54, 1.807) is 4.90 Å². The molecule has 0 saturated carbocycles. The molecule has 25 heavy (non-hydrogen) atoms. The molecule has 138 valence electrons. The SMILES string of the molecule is CC(C)(C)N1C[C@H](C(=O)NCCc2ccc(C(F)(F)F)cc2)CC1=O. The van der Waals surface area contributed by atoms with Crippen LogP contribution in [0, 0.1) is 5.92 Å². The van der Waals surface area contributed by atoms with Gasteiger partial charge in [0.05, 0.1) is 11.5 Å². The first-order valence-corrected chi connectivity index (χ1v) is 8.23. The number of amides is 2. The Hall–Kier alpha value is -2.05. The van der Waals surface area contributed by atoms with Crippen LogP contribution < -0.4 is 5.32 Å². The molecular weight excluding hydrogens is 333 g/mol. The molecule has 2 amide bonds. The predicted molar refractivity (Wildman–Crippen MR) is 87.7 cm³/mol. The summed E-state index contributed by atoms with van der Waals surface area (Å²) in [6, 6.07) is 4.90. The topological polar surface area (TPSA) is 49.4 Å². The summed E-state index contributed by atoms with van der Waals surface area (Å²) in [5.74, 6) is -0.596. The van der Waals surface area contributed by atoms with Gasteiger partial charge in [0.15, 0.2) is 0 Å². The lowest BCUT2D eigenvalue weighted by molar-refractivity contribution is -0.137. The highest BCUT2D eigenvalue weighted by atomic mass is 19.4. The lowest BCUT2D eigenvalue weighted by Gasteiger charge is -2.31. The van der Waals surface area contributed by atoms with Gasteiger partial charge >= 0.3 is 6.18 Å². The summed E-state index contributed by atoms with van der Waals surface area (Å²) in [4.78, 5) is 25.9. The molecule has 1 aliphatic rings. The van der Waals surface area contributed by atoms with E-state index >= 15 is 0 Å². The van der Waals surface area contributed by atoms with Crippen molar-refractivity contribution in [2.45, 2.75) is 45.3 Å². The Kier molecular flexibility index (Phi) is 5.44. The van der Waals surface area contributed by atoms with Crippen molar-refractivity contribution in [3.8, 4) is 0 Å². The lowest BCUT2D eigenvalue weighted by atomic mass is 10.1. The van der Waals surface area contributed by atoms with Crippen molar-refractivity contribution in [1.29, 1.82) is 0 Å². The molecule has 1 atom stereocenters. The minimum absolute atomic E-state index is 0.0320. The molecule has 0 radical (unpaired) electrons. The fraction of sp³-hybridized carbons (Fsp3) is 0.556. The number of hydrogen-bond donors (Lipinski definition) is 1. The quantitative estimate of drug-likeness (QED) is 0.902. The summed E-state index contributed by atoms with van der Waals surface area (Å²) < 4.78 is 37.5. The van der Waals surface area contributed by atoms with Crippen LogP contribution in [-0.2, 0) is 22.2 Å². The average Bonchev–Trinajstić information content (AvgIpc) is 2.89. The van der Waals surface area contributed by atoms with E-state index in [-0.39, 0.29) is 29.7 Å². The van der Waals surface area contributed by atoms with Crippen LogP contribution in [0.5, 0.6) is 0 Å². The summed E-state index contributed by atoms with van der Waals surface area (Å²) in [7, 11) is 0. The van der Waals surface area contributed by atoms with Crippen molar-refractivity contribution < 1.29 is 22.8 Å². The zero-order valence-corrected chi connectivity index (χ0v) is 14.6. The minimum Gasteiger partial charge on any atom is -0.355 e. The number of carbonyl (C=O) groups excluding carboxylic acids is 2. The van der Waals surface area contributed by atoms with Crippen molar-refractivity contribution in [1.82, 2.24) is 10.2 Å². The van der Waals surface area contributed by atoms with Gasteiger partial charge in [0.1, 0.15) is 0 Å². The molecule has 1 fully saturated rings. The Balaban J connectivity index is 1.82. The van der Waals surface area contributed by atoms with Crippen LogP contribution >= 0.6 is 0 Å². The molecule has 7 heteroatoms. The van der Waals surface area contributed by atoms with Crippen molar-refractivity contribution in [2.75, 3.05) is 13.1 Å². The molecule has 4 nitrogen and oxygen atoms in total. The summed E-state index contributed by atoms with van der Waals surface area (Å²) in [6.07, 6.45) is -3.71. The fourth-order valence-corrected chi connectivity index (χ4v) is 2.87. The van der Waals surface area contributed by atoms with Crippen LogP contribution in [0.1, 0.15) is 38.3 Å². The average molecular weight is 356 g/mol. The number of benzene rings is 1. The van der Waals surface area contributed by atoms with E-state index in [0.29, 0.717) is 25.1 Å². The maximum atomic E-state index is 12.5. The number of alkyl halides is 3. The highest BCUT2D eigenvalue weighted by molar-refractivity contribution is 5.89. The Bertz CT molecular complexity index is 633. The molecule has 0 bridgehead atoms. The van der Waals surface area contributed by atoms with Gasteiger partial charge in [0.2, 0.25) is 11.8 Å². The smallest absolute Gasteiger partial charge is 0.355 e. The van der Waals surface area contributed by atoms with Crippen molar-refractivity contribution in [3.05, 3.63) is 35.4 Å². The van der Waals surface area contributed by atoms with E-state index in [4.69, 9.17) is 0 Å². The normalized spacial score (nSPS) is 18.6. The highest BCUT2D eigenvalue weighted by Gasteiger charge is 2.39. The first-order valence-electron chi connectivity index (χ1n) is 8.23. The van der Waals surface area contributed by atoms with E-state index in [2.05, 4.69) is 5.32 Å². The molecule has 1 aliphatic heterocycles. The Morgan fingerprint density at radius 2 is 1.80 bits per heavy atom. The van der Waals surface area contributed by atoms with Gasteiger partial charge in [-0.3, -0.25) is 9.59 Å². The number of halogens is 3. The van der Waals surface area contributed by atoms with Crippen LogP contribution in [0.4, 0.5) is 13.2 Å². The molecule has 1 saturated heterocycles. The maximum absolute atomic E-state index is 12.5. The Morgan fingerprint density at radius 3 is 2.28 bits per heavy atom. The van der Waals surface area contributed by atoms with Gasteiger partial charge < -0.3 is 10.2 Å².